The fraction of sp³-hybridized carbons (Fsp3) is 0.800. The Bertz CT molecular complexity index is 407. The van der Waals surface area contributed by atoms with Gasteiger partial charge >= 0.3 is 0 Å². The van der Waals surface area contributed by atoms with E-state index >= 15 is 0 Å². The predicted molar refractivity (Wildman–Crippen MR) is 71.4 cm³/mol. The number of carbonyl (C=O) groups is 1. The van der Waals surface area contributed by atoms with Crippen LogP contribution in [0.4, 0.5) is 0 Å². The molecule has 4 heteroatoms. The van der Waals surface area contributed by atoms with Gasteiger partial charge < -0.3 is 15.3 Å². The molecular formula is C15H24O4. The summed E-state index contributed by atoms with van der Waals surface area (Å²) in [6.45, 7) is 5.18. The zero-order valence-corrected chi connectivity index (χ0v) is 11.9. The molecule has 1 spiro atoms. The maximum Gasteiger partial charge on any atom is 0.161 e. The van der Waals surface area contributed by atoms with Crippen LogP contribution < -0.4 is 0 Å². The van der Waals surface area contributed by atoms with E-state index in [-0.39, 0.29) is 30.6 Å². The Hall–Kier alpha value is -0.710. The van der Waals surface area contributed by atoms with Crippen molar-refractivity contribution >= 4 is 5.78 Å². The highest BCUT2D eigenvalue weighted by atomic mass is 16.3. The molecule has 0 amide bonds. The third-order valence-corrected chi connectivity index (χ3v) is 5.11. The number of ketones is 1. The summed E-state index contributed by atoms with van der Waals surface area (Å²) in [5.41, 5.74) is -1.17. The molecule has 0 unspecified atom stereocenters. The van der Waals surface area contributed by atoms with Crippen molar-refractivity contribution in [2.45, 2.75) is 51.7 Å². The van der Waals surface area contributed by atoms with Crippen LogP contribution in [-0.2, 0) is 4.79 Å². The van der Waals surface area contributed by atoms with Crippen LogP contribution in [0.2, 0.25) is 0 Å². The SMILES string of the molecule is C[C@@H]1CC[C@@H](C(C)(C)O)[C@@H](O)[C@@]12C=C(CO)C(=O)C2. The quantitative estimate of drug-likeness (QED) is 0.699. The summed E-state index contributed by atoms with van der Waals surface area (Å²) in [4.78, 5) is 11.9. The molecule has 0 aromatic rings. The van der Waals surface area contributed by atoms with E-state index in [4.69, 9.17) is 0 Å². The predicted octanol–water partition coefficient (Wildman–Crippen LogP) is 1.04. The van der Waals surface area contributed by atoms with Gasteiger partial charge in [0.1, 0.15) is 0 Å². The minimum atomic E-state index is -0.967. The molecule has 1 saturated carbocycles. The van der Waals surface area contributed by atoms with E-state index in [1.54, 1.807) is 19.9 Å². The highest BCUT2D eigenvalue weighted by Gasteiger charge is 2.54. The first kappa shape index (κ1) is 14.7. The number of aliphatic hydroxyl groups is 3. The van der Waals surface area contributed by atoms with Crippen molar-refractivity contribution in [2.24, 2.45) is 17.3 Å². The van der Waals surface area contributed by atoms with Gasteiger partial charge in [-0.1, -0.05) is 13.0 Å². The molecule has 0 aromatic heterocycles. The zero-order chi connectivity index (χ0) is 14.4. The van der Waals surface area contributed by atoms with Crippen LogP contribution in [0.15, 0.2) is 11.6 Å². The lowest BCUT2D eigenvalue weighted by molar-refractivity contribution is -0.136. The van der Waals surface area contributed by atoms with E-state index in [9.17, 15) is 20.1 Å². The van der Waals surface area contributed by atoms with Gasteiger partial charge in [0.2, 0.25) is 0 Å². The average Bonchev–Trinajstić information content (AvgIpc) is 2.63. The summed E-state index contributed by atoms with van der Waals surface area (Å²) in [5.74, 6) is -0.148. The van der Waals surface area contributed by atoms with Gasteiger partial charge in [0.05, 0.1) is 18.3 Å². The van der Waals surface area contributed by atoms with Crippen molar-refractivity contribution in [3.8, 4) is 0 Å². The Labute approximate surface area is 114 Å². The lowest BCUT2D eigenvalue weighted by atomic mass is 9.58. The van der Waals surface area contributed by atoms with E-state index in [0.717, 1.165) is 12.8 Å². The Morgan fingerprint density at radius 3 is 2.53 bits per heavy atom. The van der Waals surface area contributed by atoms with Crippen molar-refractivity contribution in [3.63, 3.8) is 0 Å². The molecule has 2 aliphatic carbocycles. The molecular weight excluding hydrogens is 244 g/mol. The van der Waals surface area contributed by atoms with E-state index in [2.05, 4.69) is 0 Å². The number of aliphatic hydroxyl groups excluding tert-OH is 2. The molecule has 1 fully saturated rings. The first-order chi connectivity index (χ1) is 8.72. The van der Waals surface area contributed by atoms with Crippen LogP contribution >= 0.6 is 0 Å². The minimum Gasteiger partial charge on any atom is -0.392 e. The van der Waals surface area contributed by atoms with Crippen LogP contribution in [0.3, 0.4) is 0 Å². The van der Waals surface area contributed by atoms with Crippen LogP contribution in [0, 0.1) is 17.3 Å². The molecule has 3 N–H and O–H groups in total. The zero-order valence-electron chi connectivity index (χ0n) is 11.9. The highest BCUT2D eigenvalue weighted by molar-refractivity contribution is 5.99. The molecule has 0 aromatic carbocycles. The van der Waals surface area contributed by atoms with Gasteiger partial charge in [-0.15, -0.1) is 0 Å². The summed E-state index contributed by atoms with van der Waals surface area (Å²) < 4.78 is 0. The highest BCUT2D eigenvalue weighted by Crippen LogP contribution is 2.53. The van der Waals surface area contributed by atoms with E-state index in [0.29, 0.717) is 5.57 Å². The number of hydrogen-bond acceptors (Lipinski definition) is 4. The fourth-order valence-corrected chi connectivity index (χ4v) is 3.75. The van der Waals surface area contributed by atoms with Crippen molar-refractivity contribution < 1.29 is 20.1 Å². The Balaban J connectivity index is 2.38. The maximum atomic E-state index is 11.9. The van der Waals surface area contributed by atoms with Gasteiger partial charge in [0, 0.05) is 23.3 Å². The summed E-state index contributed by atoms with van der Waals surface area (Å²) in [6.07, 6.45) is 2.89. The summed E-state index contributed by atoms with van der Waals surface area (Å²) in [7, 11) is 0. The van der Waals surface area contributed by atoms with Crippen LogP contribution in [-0.4, -0.2) is 39.4 Å². The van der Waals surface area contributed by atoms with E-state index in [1.165, 1.54) is 0 Å². The van der Waals surface area contributed by atoms with Crippen LogP contribution in [0.1, 0.15) is 40.0 Å². The molecule has 4 atom stereocenters. The van der Waals surface area contributed by atoms with Crippen molar-refractivity contribution in [1.29, 1.82) is 0 Å². The second-order valence-electron chi connectivity index (χ2n) is 6.72. The van der Waals surface area contributed by atoms with Gasteiger partial charge in [-0.2, -0.15) is 0 Å². The van der Waals surface area contributed by atoms with Crippen molar-refractivity contribution in [1.82, 2.24) is 0 Å². The molecule has 2 aliphatic rings. The van der Waals surface area contributed by atoms with Crippen molar-refractivity contribution in [2.75, 3.05) is 6.61 Å². The number of Topliss-reactive ketones (excluding diaryl/α,β-unsaturated/α-hetero) is 1. The maximum absolute atomic E-state index is 11.9. The third-order valence-electron chi connectivity index (χ3n) is 5.11. The number of carbonyl (C=O) groups excluding carboxylic acids is 1. The molecule has 108 valence electrons. The fourth-order valence-electron chi connectivity index (χ4n) is 3.75. The summed E-state index contributed by atoms with van der Waals surface area (Å²) >= 11 is 0. The molecule has 0 bridgehead atoms. The third kappa shape index (κ3) is 2.26. The largest absolute Gasteiger partial charge is 0.392 e. The summed E-state index contributed by atoms with van der Waals surface area (Å²) in [5, 5.41) is 30.2. The minimum absolute atomic E-state index is 0.0789. The molecule has 0 aliphatic heterocycles. The molecule has 2 rings (SSSR count). The normalized spacial score (nSPS) is 39.8. The smallest absolute Gasteiger partial charge is 0.161 e. The lowest BCUT2D eigenvalue weighted by Crippen LogP contribution is -2.53. The van der Waals surface area contributed by atoms with E-state index in [1.807, 2.05) is 6.92 Å². The number of rotatable bonds is 2. The lowest BCUT2D eigenvalue weighted by Gasteiger charge is -2.49. The van der Waals surface area contributed by atoms with Crippen LogP contribution in [0.5, 0.6) is 0 Å². The van der Waals surface area contributed by atoms with Gasteiger partial charge in [0.15, 0.2) is 5.78 Å². The molecule has 0 radical (unpaired) electrons. The second-order valence-corrected chi connectivity index (χ2v) is 6.72. The first-order valence-corrected chi connectivity index (χ1v) is 6.98. The molecule has 19 heavy (non-hydrogen) atoms. The Morgan fingerprint density at radius 1 is 1.42 bits per heavy atom. The first-order valence-electron chi connectivity index (χ1n) is 6.98. The summed E-state index contributed by atoms with van der Waals surface area (Å²) in [6, 6.07) is 0. The standard InChI is InChI=1S/C15H24O4/c1-9-4-5-11(14(2,3)19)13(18)15(9)6-10(8-16)12(17)7-15/h6,9,11,13,16,18-19H,4-5,7-8H2,1-3H3/t9-,11-,13-,15-/m1/s1. The molecule has 0 heterocycles. The van der Waals surface area contributed by atoms with Gasteiger partial charge in [-0.25, -0.2) is 0 Å². The topological polar surface area (TPSA) is 77.8 Å². The van der Waals surface area contributed by atoms with Gasteiger partial charge in [-0.3, -0.25) is 4.79 Å². The monoisotopic (exact) mass is 268 g/mol. The van der Waals surface area contributed by atoms with Gasteiger partial charge in [-0.05, 0) is 32.6 Å². The molecule has 4 nitrogen and oxygen atoms in total. The van der Waals surface area contributed by atoms with E-state index < -0.39 is 17.1 Å². The van der Waals surface area contributed by atoms with Gasteiger partial charge in [0.25, 0.3) is 0 Å². The second kappa shape index (κ2) is 4.69. The van der Waals surface area contributed by atoms with Crippen LogP contribution in [0.25, 0.3) is 0 Å². The Kier molecular flexibility index (Phi) is 3.62. The Morgan fingerprint density at radius 2 is 2.05 bits per heavy atom. The van der Waals surface area contributed by atoms with Crippen molar-refractivity contribution in [3.05, 3.63) is 11.6 Å². The number of hydrogen-bond donors (Lipinski definition) is 3. The average molecular weight is 268 g/mol. The molecule has 0 saturated heterocycles.